The maximum Gasteiger partial charge on any atom is 0.271 e. The van der Waals surface area contributed by atoms with Gasteiger partial charge in [-0.3, -0.25) is 20.4 Å². The van der Waals surface area contributed by atoms with E-state index in [-0.39, 0.29) is 21.3 Å². The summed E-state index contributed by atoms with van der Waals surface area (Å²) in [6.45, 7) is 0.411. The molecule has 1 atom stereocenters. The number of hydrazine groups is 1. The second kappa shape index (κ2) is 8.79. The van der Waals surface area contributed by atoms with Crippen molar-refractivity contribution < 1.29 is 18.0 Å². The molecule has 2 heterocycles. The second-order valence-corrected chi connectivity index (χ2v) is 10.2. The molecule has 1 saturated heterocycles. The first-order chi connectivity index (χ1) is 13.3. The number of nitrogens with zero attached hydrogens (tertiary/aromatic N) is 1. The van der Waals surface area contributed by atoms with Crippen LogP contribution in [0.4, 0.5) is 0 Å². The molecule has 2 N–H and O–H groups in total. The van der Waals surface area contributed by atoms with Crippen LogP contribution in [0.1, 0.15) is 23.2 Å². The standard InChI is InChI=1S/C17H17Cl2N3O4S2/c18-12-5-6-14(19)13(9-12)17(24)21-20-16(23)11-3-1-7-22(10-11)28(25,26)15-4-2-8-27-15/h2,4-6,8-9,11H,1,3,7,10H2,(H,20,23)(H,21,24). The Labute approximate surface area is 176 Å². The lowest BCUT2D eigenvalue weighted by atomic mass is 9.99. The van der Waals surface area contributed by atoms with Gasteiger partial charge >= 0.3 is 0 Å². The van der Waals surface area contributed by atoms with Crippen LogP contribution in [0.25, 0.3) is 0 Å². The fraction of sp³-hybridized carbons (Fsp3) is 0.294. The molecule has 0 radical (unpaired) electrons. The monoisotopic (exact) mass is 461 g/mol. The molecule has 1 aromatic heterocycles. The Hall–Kier alpha value is -1.65. The smallest absolute Gasteiger partial charge is 0.271 e. The van der Waals surface area contributed by atoms with Crippen molar-refractivity contribution in [3.63, 3.8) is 0 Å². The highest BCUT2D eigenvalue weighted by Crippen LogP contribution is 2.26. The van der Waals surface area contributed by atoms with E-state index in [1.807, 2.05) is 0 Å². The van der Waals surface area contributed by atoms with E-state index in [1.165, 1.54) is 16.4 Å². The lowest BCUT2D eigenvalue weighted by Gasteiger charge is -2.30. The van der Waals surface area contributed by atoms with Gasteiger partial charge in [-0.2, -0.15) is 4.31 Å². The van der Waals surface area contributed by atoms with Crippen LogP contribution >= 0.6 is 34.5 Å². The van der Waals surface area contributed by atoms with Crippen molar-refractivity contribution in [1.29, 1.82) is 0 Å². The van der Waals surface area contributed by atoms with Gasteiger partial charge < -0.3 is 0 Å². The number of benzene rings is 1. The second-order valence-electron chi connectivity index (χ2n) is 6.20. The first kappa shape index (κ1) is 21.1. The first-order valence-corrected chi connectivity index (χ1v) is 11.5. The summed E-state index contributed by atoms with van der Waals surface area (Å²) in [7, 11) is -3.62. The topological polar surface area (TPSA) is 95.6 Å². The molecule has 0 aliphatic carbocycles. The molecule has 150 valence electrons. The zero-order chi connectivity index (χ0) is 20.3. The molecule has 28 heavy (non-hydrogen) atoms. The van der Waals surface area contributed by atoms with E-state index in [4.69, 9.17) is 23.2 Å². The molecule has 2 aromatic rings. The molecule has 3 rings (SSSR count). The van der Waals surface area contributed by atoms with E-state index in [0.717, 1.165) is 11.3 Å². The van der Waals surface area contributed by atoms with Crippen LogP contribution in [-0.2, 0) is 14.8 Å². The maximum absolute atomic E-state index is 12.6. The van der Waals surface area contributed by atoms with Gasteiger partial charge in [-0.25, -0.2) is 8.42 Å². The fourth-order valence-electron chi connectivity index (χ4n) is 2.87. The molecule has 1 unspecified atom stereocenters. The van der Waals surface area contributed by atoms with Crippen molar-refractivity contribution in [1.82, 2.24) is 15.2 Å². The zero-order valence-corrected chi connectivity index (χ0v) is 17.7. The molecule has 0 saturated carbocycles. The van der Waals surface area contributed by atoms with Crippen LogP contribution in [0.3, 0.4) is 0 Å². The molecule has 7 nitrogen and oxygen atoms in total. The number of rotatable bonds is 4. The zero-order valence-electron chi connectivity index (χ0n) is 14.5. The molecule has 1 aliphatic heterocycles. The molecular formula is C17H17Cl2N3O4S2. The van der Waals surface area contributed by atoms with Crippen LogP contribution in [0.15, 0.2) is 39.9 Å². The highest BCUT2D eigenvalue weighted by atomic mass is 35.5. The van der Waals surface area contributed by atoms with Crippen LogP contribution in [-0.4, -0.2) is 37.6 Å². The van der Waals surface area contributed by atoms with Crippen molar-refractivity contribution in [2.75, 3.05) is 13.1 Å². The fourth-order valence-corrected chi connectivity index (χ4v) is 5.92. The summed E-state index contributed by atoms with van der Waals surface area (Å²) < 4.78 is 26.8. The third kappa shape index (κ3) is 4.66. The van der Waals surface area contributed by atoms with Crippen LogP contribution in [0.2, 0.25) is 10.0 Å². The molecule has 11 heteroatoms. The summed E-state index contributed by atoms with van der Waals surface area (Å²) in [6.07, 6.45) is 1.08. The predicted molar refractivity (Wildman–Crippen MR) is 108 cm³/mol. The SMILES string of the molecule is O=C(NNC(=O)C1CCCN(S(=O)(=O)c2cccs2)C1)c1cc(Cl)ccc1Cl. The predicted octanol–water partition coefficient (Wildman–Crippen LogP) is 2.92. The molecule has 1 aliphatic rings. The number of piperidine rings is 1. The van der Waals surface area contributed by atoms with Crippen LogP contribution in [0, 0.1) is 5.92 Å². The lowest BCUT2D eigenvalue weighted by Crippen LogP contribution is -2.49. The van der Waals surface area contributed by atoms with E-state index in [0.29, 0.717) is 24.4 Å². The van der Waals surface area contributed by atoms with Crippen molar-refractivity contribution in [2.45, 2.75) is 17.1 Å². The number of nitrogens with one attached hydrogen (secondary N) is 2. The van der Waals surface area contributed by atoms with E-state index < -0.39 is 27.8 Å². The number of halogens is 2. The number of carbonyl (C=O) groups excluding carboxylic acids is 2. The maximum atomic E-state index is 12.6. The third-order valence-corrected chi connectivity index (χ3v) is 8.12. The largest absolute Gasteiger partial charge is 0.273 e. The lowest BCUT2D eigenvalue weighted by molar-refractivity contribution is -0.126. The third-order valence-electron chi connectivity index (χ3n) is 4.32. The van der Waals surface area contributed by atoms with E-state index in [9.17, 15) is 18.0 Å². The summed E-state index contributed by atoms with van der Waals surface area (Å²) in [5.41, 5.74) is 4.77. The molecule has 2 amide bonds. The van der Waals surface area contributed by atoms with Gasteiger partial charge in [0.25, 0.3) is 15.9 Å². The van der Waals surface area contributed by atoms with Crippen LogP contribution in [0.5, 0.6) is 0 Å². The Morgan fingerprint density at radius 1 is 1.18 bits per heavy atom. The number of thiophene rings is 1. The number of hydrogen-bond donors (Lipinski definition) is 2. The average Bonchev–Trinajstić information content (AvgIpc) is 3.23. The summed E-state index contributed by atoms with van der Waals surface area (Å²) >= 11 is 13.0. The van der Waals surface area contributed by atoms with Gasteiger partial charge in [0, 0.05) is 18.1 Å². The quantitative estimate of drug-likeness (QED) is 0.684. The Balaban J connectivity index is 1.61. The number of carbonyl (C=O) groups is 2. The van der Waals surface area contributed by atoms with Gasteiger partial charge in [0.05, 0.1) is 16.5 Å². The van der Waals surface area contributed by atoms with Crippen molar-refractivity contribution >= 4 is 56.4 Å². The van der Waals surface area contributed by atoms with Crippen molar-refractivity contribution in [2.24, 2.45) is 5.92 Å². The van der Waals surface area contributed by atoms with Gasteiger partial charge in [0.1, 0.15) is 4.21 Å². The van der Waals surface area contributed by atoms with Gasteiger partial charge in [0.15, 0.2) is 0 Å². The minimum atomic E-state index is -3.62. The molecular weight excluding hydrogens is 445 g/mol. The highest BCUT2D eigenvalue weighted by molar-refractivity contribution is 7.91. The summed E-state index contributed by atoms with van der Waals surface area (Å²) in [5.74, 6) is -1.64. The molecule has 1 fully saturated rings. The average molecular weight is 462 g/mol. The first-order valence-electron chi connectivity index (χ1n) is 8.38. The summed E-state index contributed by atoms with van der Waals surface area (Å²) in [6, 6.07) is 7.63. The number of sulfonamides is 1. The Bertz CT molecular complexity index is 980. The van der Waals surface area contributed by atoms with E-state index in [1.54, 1.807) is 23.6 Å². The van der Waals surface area contributed by atoms with E-state index in [2.05, 4.69) is 10.9 Å². The summed E-state index contributed by atoms with van der Waals surface area (Å²) in [4.78, 5) is 24.7. The molecule has 1 aromatic carbocycles. The van der Waals surface area contributed by atoms with E-state index >= 15 is 0 Å². The highest BCUT2D eigenvalue weighted by Gasteiger charge is 2.34. The normalized spacial score (nSPS) is 17.9. The minimum Gasteiger partial charge on any atom is -0.273 e. The van der Waals surface area contributed by atoms with Crippen molar-refractivity contribution in [3.05, 3.63) is 51.3 Å². The van der Waals surface area contributed by atoms with Crippen molar-refractivity contribution in [3.8, 4) is 0 Å². The van der Waals surface area contributed by atoms with Crippen LogP contribution < -0.4 is 10.9 Å². The van der Waals surface area contributed by atoms with Gasteiger partial charge in [0.2, 0.25) is 5.91 Å². The van der Waals surface area contributed by atoms with Gasteiger partial charge in [-0.15, -0.1) is 11.3 Å². The van der Waals surface area contributed by atoms with Gasteiger partial charge in [-0.05, 0) is 42.5 Å². The summed E-state index contributed by atoms with van der Waals surface area (Å²) in [5, 5.41) is 2.22. The number of hydrogen-bond acceptors (Lipinski definition) is 5. The Kier molecular flexibility index (Phi) is 6.61. The van der Waals surface area contributed by atoms with Gasteiger partial charge in [-0.1, -0.05) is 29.3 Å². The minimum absolute atomic E-state index is 0.0554. The number of amides is 2. The molecule has 0 bridgehead atoms. The molecule has 0 spiro atoms. The Morgan fingerprint density at radius 3 is 2.68 bits per heavy atom. The Morgan fingerprint density at radius 2 is 1.96 bits per heavy atom.